The summed E-state index contributed by atoms with van der Waals surface area (Å²) in [5.74, 6) is 0. The molecule has 4 heteroatoms. The monoisotopic (exact) mass is 328 g/mol. The van der Waals surface area contributed by atoms with Gasteiger partial charge in [-0.05, 0) is 33.7 Å². The molecule has 5 rings (SSSR count). The van der Waals surface area contributed by atoms with Crippen LogP contribution in [0.3, 0.4) is 0 Å². The first-order valence-corrected chi connectivity index (χ1v) is 10.1. The first kappa shape index (κ1) is 11.7. The van der Waals surface area contributed by atoms with Crippen LogP contribution in [0.25, 0.3) is 30.6 Å². The molecule has 20 heavy (non-hydrogen) atoms. The molecule has 0 saturated carbocycles. The van der Waals surface area contributed by atoms with Gasteiger partial charge in [-0.15, -0.1) is 22.7 Å². The van der Waals surface area contributed by atoms with Crippen LogP contribution in [0.4, 0.5) is 0 Å². The molecule has 2 aromatic heterocycles. The van der Waals surface area contributed by atoms with Crippen molar-refractivity contribution >= 4 is 64.4 Å². The normalized spacial score (nSPS) is 13.6. The molecule has 0 amide bonds. The molecule has 0 bridgehead atoms. The van der Waals surface area contributed by atoms with Gasteiger partial charge in [-0.1, -0.05) is 36.4 Å². The van der Waals surface area contributed by atoms with Gasteiger partial charge in [0, 0.05) is 30.6 Å². The smallest absolute Gasteiger partial charge is 0.0809 e. The molecule has 0 fully saturated rings. The van der Waals surface area contributed by atoms with Crippen LogP contribution in [-0.4, -0.2) is 0 Å². The minimum atomic E-state index is 1.40. The van der Waals surface area contributed by atoms with Gasteiger partial charge in [0.15, 0.2) is 0 Å². The summed E-state index contributed by atoms with van der Waals surface area (Å²) in [4.78, 5) is 2.91. The van der Waals surface area contributed by atoms with Crippen molar-refractivity contribution in [1.29, 1.82) is 0 Å². The van der Waals surface area contributed by atoms with Gasteiger partial charge in [0.05, 0.1) is 9.09 Å². The zero-order chi connectivity index (χ0) is 13.1. The summed E-state index contributed by atoms with van der Waals surface area (Å²) in [7, 11) is 3.84. The largest absolute Gasteiger partial charge is 0.134 e. The molecule has 0 unspecified atom stereocenters. The van der Waals surface area contributed by atoms with E-state index in [1.807, 2.05) is 44.3 Å². The quantitative estimate of drug-likeness (QED) is 0.322. The van der Waals surface area contributed by atoms with E-state index in [4.69, 9.17) is 0 Å². The molecule has 2 aromatic carbocycles. The number of hydrogen-bond donors (Lipinski definition) is 0. The molecule has 4 aromatic rings. The Kier molecular flexibility index (Phi) is 2.50. The van der Waals surface area contributed by atoms with Crippen molar-refractivity contribution in [2.75, 3.05) is 0 Å². The molecule has 0 aliphatic carbocycles. The van der Waals surface area contributed by atoms with E-state index in [9.17, 15) is 0 Å². The van der Waals surface area contributed by atoms with Gasteiger partial charge in [-0.25, -0.2) is 0 Å². The Hall–Kier alpha value is -0.940. The summed E-state index contributed by atoms with van der Waals surface area (Å²) >= 11 is 3.86. The topological polar surface area (TPSA) is 0 Å². The van der Waals surface area contributed by atoms with Crippen LogP contribution >= 0.6 is 44.3 Å². The Labute approximate surface area is 132 Å². The molecule has 96 valence electrons. The van der Waals surface area contributed by atoms with E-state index in [2.05, 4.69) is 48.5 Å². The lowest BCUT2D eigenvalue weighted by molar-refractivity contribution is 1.60. The Bertz CT molecular complexity index is 961. The van der Waals surface area contributed by atoms with Crippen molar-refractivity contribution in [2.24, 2.45) is 0 Å². The Morgan fingerprint density at radius 1 is 0.650 bits per heavy atom. The standard InChI is InChI=1S/C16H8S4/c1-3-7-11-9(5-1)13-15-14(19-20-16(13)18-11)10-6-2-4-8-12(10)17-15/h1-8H. The lowest BCUT2D eigenvalue weighted by Gasteiger charge is -2.10. The number of thiophene rings is 2. The maximum atomic E-state index is 2.26. The summed E-state index contributed by atoms with van der Waals surface area (Å²) in [6.07, 6.45) is 0. The average molecular weight is 329 g/mol. The van der Waals surface area contributed by atoms with E-state index >= 15 is 0 Å². The van der Waals surface area contributed by atoms with Crippen molar-refractivity contribution in [2.45, 2.75) is 9.10 Å². The third-order valence-electron chi connectivity index (χ3n) is 3.54. The van der Waals surface area contributed by atoms with Crippen LogP contribution in [0.15, 0.2) is 57.6 Å². The van der Waals surface area contributed by atoms with E-state index in [1.165, 1.54) is 39.7 Å². The highest BCUT2D eigenvalue weighted by atomic mass is 33.1. The summed E-state index contributed by atoms with van der Waals surface area (Å²) in [5, 5.41) is 2.82. The van der Waals surface area contributed by atoms with Crippen LogP contribution < -0.4 is 0 Å². The first-order chi connectivity index (χ1) is 9.92. The van der Waals surface area contributed by atoms with Crippen molar-refractivity contribution < 1.29 is 0 Å². The highest BCUT2D eigenvalue weighted by Gasteiger charge is 2.26. The van der Waals surface area contributed by atoms with Crippen LogP contribution in [0.5, 0.6) is 0 Å². The lowest BCUT2D eigenvalue weighted by Crippen LogP contribution is -1.80. The lowest BCUT2D eigenvalue weighted by atomic mass is 10.1. The number of rotatable bonds is 0. The zero-order valence-corrected chi connectivity index (χ0v) is 13.5. The van der Waals surface area contributed by atoms with Gasteiger partial charge in [0.25, 0.3) is 0 Å². The molecule has 0 radical (unpaired) electrons. The minimum absolute atomic E-state index is 1.40. The molecule has 0 saturated heterocycles. The maximum absolute atomic E-state index is 2.26. The minimum Gasteiger partial charge on any atom is -0.134 e. The molecule has 3 heterocycles. The molecular weight excluding hydrogens is 320 g/mol. The maximum Gasteiger partial charge on any atom is 0.0809 e. The second-order valence-corrected chi connectivity index (χ2v) is 9.20. The Morgan fingerprint density at radius 2 is 1.35 bits per heavy atom. The van der Waals surface area contributed by atoms with Crippen LogP contribution in [0.2, 0.25) is 0 Å². The number of hydrogen-bond acceptors (Lipinski definition) is 4. The highest BCUT2D eigenvalue weighted by Crippen LogP contribution is 2.60. The van der Waals surface area contributed by atoms with Crippen LogP contribution in [0, 0.1) is 0 Å². The van der Waals surface area contributed by atoms with Gasteiger partial charge in [0.2, 0.25) is 0 Å². The van der Waals surface area contributed by atoms with Crippen molar-refractivity contribution in [3.05, 3.63) is 48.5 Å². The van der Waals surface area contributed by atoms with E-state index in [1.54, 1.807) is 0 Å². The van der Waals surface area contributed by atoms with Crippen molar-refractivity contribution in [3.8, 4) is 10.4 Å². The first-order valence-electron chi connectivity index (χ1n) is 6.30. The highest BCUT2D eigenvalue weighted by molar-refractivity contribution is 8.77. The fraction of sp³-hybridized carbons (Fsp3) is 0. The summed E-state index contributed by atoms with van der Waals surface area (Å²) < 4.78 is 4.25. The SMILES string of the molecule is c1ccc2c3c(sc2c1)-c1c(sc2ccccc12)SS3. The Balaban J connectivity index is 1.95. The molecule has 1 aliphatic heterocycles. The fourth-order valence-electron chi connectivity index (χ4n) is 2.65. The van der Waals surface area contributed by atoms with E-state index in [0.29, 0.717) is 0 Å². The van der Waals surface area contributed by atoms with Crippen molar-refractivity contribution in [3.63, 3.8) is 0 Å². The van der Waals surface area contributed by atoms with Gasteiger partial charge in [0.1, 0.15) is 0 Å². The summed E-state index contributed by atoms with van der Waals surface area (Å²) in [6, 6.07) is 17.5. The molecule has 0 atom stereocenters. The third kappa shape index (κ3) is 1.51. The molecule has 0 N–H and O–H groups in total. The zero-order valence-electron chi connectivity index (χ0n) is 10.3. The summed E-state index contributed by atoms with van der Waals surface area (Å²) in [5.41, 5.74) is 1.46. The molecule has 0 nitrogen and oxygen atoms in total. The predicted molar refractivity (Wildman–Crippen MR) is 94.4 cm³/mol. The number of fused-ring (bicyclic) bond motifs is 7. The fourth-order valence-corrected chi connectivity index (χ4v) is 8.52. The van der Waals surface area contributed by atoms with E-state index in [-0.39, 0.29) is 0 Å². The third-order valence-corrected chi connectivity index (χ3v) is 8.92. The predicted octanol–water partition coefficient (Wildman–Crippen LogP) is 6.90. The van der Waals surface area contributed by atoms with Gasteiger partial charge < -0.3 is 0 Å². The average Bonchev–Trinajstić information content (AvgIpc) is 3.04. The molecule has 0 spiro atoms. The van der Waals surface area contributed by atoms with E-state index in [0.717, 1.165) is 0 Å². The van der Waals surface area contributed by atoms with Crippen LogP contribution in [-0.2, 0) is 0 Å². The molecule has 1 aliphatic rings. The second kappa shape index (κ2) is 4.28. The van der Waals surface area contributed by atoms with Gasteiger partial charge in [-0.3, -0.25) is 0 Å². The second-order valence-electron chi connectivity index (χ2n) is 4.68. The van der Waals surface area contributed by atoms with Crippen LogP contribution in [0.1, 0.15) is 0 Å². The Morgan fingerprint density at radius 3 is 2.20 bits per heavy atom. The van der Waals surface area contributed by atoms with E-state index < -0.39 is 0 Å². The van der Waals surface area contributed by atoms with Gasteiger partial charge in [-0.2, -0.15) is 0 Å². The number of benzene rings is 2. The molecular formula is C16H8S4. The summed E-state index contributed by atoms with van der Waals surface area (Å²) in [6.45, 7) is 0. The van der Waals surface area contributed by atoms with Gasteiger partial charge >= 0.3 is 0 Å². The van der Waals surface area contributed by atoms with Crippen molar-refractivity contribution in [1.82, 2.24) is 0 Å².